The van der Waals surface area contributed by atoms with E-state index in [9.17, 15) is 14.7 Å². The van der Waals surface area contributed by atoms with Crippen LogP contribution in [0.25, 0.3) is 0 Å². The third-order valence-electron chi connectivity index (χ3n) is 7.88. The van der Waals surface area contributed by atoms with Gasteiger partial charge in [0.05, 0.1) is 30.5 Å². The fourth-order valence-electron chi connectivity index (χ4n) is 6.37. The molecule has 5 atom stereocenters. The molecule has 2 bridgehead atoms. The largest absolute Gasteiger partial charge is 0.504 e. The first-order valence-electron chi connectivity index (χ1n) is 10.6. The van der Waals surface area contributed by atoms with Crippen LogP contribution in [-0.4, -0.2) is 53.8 Å². The highest BCUT2D eigenvalue weighted by Crippen LogP contribution is 2.63. The summed E-state index contributed by atoms with van der Waals surface area (Å²) in [5, 5.41) is 10.4. The number of hydrogen-bond donors (Lipinski definition) is 1. The Kier molecular flexibility index (Phi) is 3.75. The highest BCUT2D eigenvalue weighted by Gasteiger charge is 2.69. The van der Waals surface area contributed by atoms with E-state index in [-0.39, 0.29) is 34.9 Å². The fraction of sp³-hybridized carbons (Fsp3) is 0.652. The smallest absolute Gasteiger partial charge is 0.315 e. The number of likely N-dealkylation sites (N-methyl/N-ethyl adjacent to an activating group) is 1. The number of carbonyl (C=O) groups is 2. The van der Waals surface area contributed by atoms with Crippen LogP contribution in [0.4, 0.5) is 0 Å². The second-order valence-corrected chi connectivity index (χ2v) is 10.6. The molecule has 5 rings (SSSR count). The van der Waals surface area contributed by atoms with Crippen LogP contribution in [0.5, 0.6) is 11.5 Å². The van der Waals surface area contributed by atoms with Crippen LogP contribution in [0.3, 0.4) is 0 Å². The molecule has 1 saturated carbocycles. The molecule has 1 aromatic rings. The fourth-order valence-corrected chi connectivity index (χ4v) is 6.37. The lowest BCUT2D eigenvalue weighted by molar-refractivity contribution is -0.959. The molecule has 2 heterocycles. The lowest BCUT2D eigenvalue weighted by atomic mass is 9.51. The Morgan fingerprint density at radius 2 is 2.14 bits per heavy atom. The molecule has 0 radical (unpaired) electrons. The molecule has 6 nitrogen and oxygen atoms in total. The van der Waals surface area contributed by atoms with Gasteiger partial charge in [0.2, 0.25) is 6.73 Å². The second-order valence-electron chi connectivity index (χ2n) is 10.6. The summed E-state index contributed by atoms with van der Waals surface area (Å²) in [5.41, 5.74) is 1.38. The van der Waals surface area contributed by atoms with Crippen molar-refractivity contribution >= 4 is 11.8 Å². The summed E-state index contributed by atoms with van der Waals surface area (Å²) < 4.78 is 12.6. The third kappa shape index (κ3) is 2.38. The maximum Gasteiger partial charge on any atom is 0.315 e. The first-order chi connectivity index (χ1) is 13.6. The molecule has 0 aromatic heterocycles. The summed E-state index contributed by atoms with van der Waals surface area (Å²) in [6.45, 7) is 6.79. The number of Topliss-reactive ketones (excluding diaryl/α,β-unsaturated/α-hetero) is 1. The van der Waals surface area contributed by atoms with Crippen molar-refractivity contribution in [3.63, 3.8) is 0 Å². The maximum atomic E-state index is 12.8. The summed E-state index contributed by atoms with van der Waals surface area (Å²) in [4.78, 5) is 25.3. The van der Waals surface area contributed by atoms with Gasteiger partial charge in [-0.1, -0.05) is 6.07 Å². The molecule has 1 spiro atoms. The van der Waals surface area contributed by atoms with Crippen molar-refractivity contribution in [2.24, 2.45) is 11.3 Å². The lowest BCUT2D eigenvalue weighted by Crippen LogP contribution is -2.72. The van der Waals surface area contributed by atoms with Gasteiger partial charge < -0.3 is 14.6 Å². The van der Waals surface area contributed by atoms with E-state index >= 15 is 0 Å². The van der Waals surface area contributed by atoms with Crippen molar-refractivity contribution in [3.8, 4) is 11.5 Å². The molecular formula is C23H30NO5+. The number of piperidine rings is 1. The van der Waals surface area contributed by atoms with Crippen molar-refractivity contribution in [1.82, 2.24) is 0 Å². The number of carbonyl (C=O) groups excluding carboxylic acids is 2. The monoisotopic (exact) mass is 400 g/mol. The van der Waals surface area contributed by atoms with Crippen molar-refractivity contribution in [1.29, 1.82) is 0 Å². The highest BCUT2D eigenvalue weighted by atomic mass is 16.5. The van der Waals surface area contributed by atoms with Gasteiger partial charge in [0.25, 0.3) is 0 Å². The zero-order valence-electron chi connectivity index (χ0n) is 17.7. The van der Waals surface area contributed by atoms with Crippen LogP contribution in [0, 0.1) is 11.3 Å². The Morgan fingerprint density at radius 3 is 2.86 bits per heavy atom. The van der Waals surface area contributed by atoms with Crippen molar-refractivity contribution < 1.29 is 28.7 Å². The number of esters is 1. The average molecular weight is 400 g/mol. The molecular weight excluding hydrogens is 370 g/mol. The van der Waals surface area contributed by atoms with Crippen LogP contribution in [0.1, 0.15) is 51.2 Å². The van der Waals surface area contributed by atoms with Crippen LogP contribution < -0.4 is 4.74 Å². The van der Waals surface area contributed by atoms with Crippen molar-refractivity contribution in [2.45, 2.75) is 64.0 Å². The number of benzene rings is 1. The zero-order chi connectivity index (χ0) is 20.8. The number of rotatable bonds is 2. The number of ether oxygens (including phenoxy) is 2. The van der Waals surface area contributed by atoms with Crippen molar-refractivity contribution in [2.75, 3.05) is 20.3 Å². The molecule has 1 N–H and O–H groups in total. The van der Waals surface area contributed by atoms with Gasteiger partial charge in [0.15, 0.2) is 23.4 Å². The Morgan fingerprint density at radius 1 is 1.38 bits per heavy atom. The van der Waals surface area contributed by atoms with Crippen LogP contribution in [0.2, 0.25) is 0 Å². The molecule has 2 aliphatic heterocycles. The predicted octanol–water partition coefficient (Wildman–Crippen LogP) is 2.69. The molecule has 2 aliphatic carbocycles. The second kappa shape index (κ2) is 5.75. The van der Waals surface area contributed by atoms with E-state index in [1.165, 1.54) is 5.56 Å². The number of phenolic OH excluding ortho intramolecular Hbond substituents is 1. The van der Waals surface area contributed by atoms with Gasteiger partial charge in [-0.3, -0.25) is 14.1 Å². The lowest BCUT2D eigenvalue weighted by Gasteiger charge is -2.59. The minimum Gasteiger partial charge on any atom is -0.504 e. The van der Waals surface area contributed by atoms with Crippen LogP contribution >= 0.6 is 0 Å². The number of ketones is 1. The van der Waals surface area contributed by atoms with E-state index in [0.717, 1.165) is 31.4 Å². The van der Waals surface area contributed by atoms with Gasteiger partial charge in [0.1, 0.15) is 0 Å². The summed E-state index contributed by atoms with van der Waals surface area (Å²) in [7, 11) is 2.18. The minimum absolute atomic E-state index is 0.138. The molecule has 1 saturated heterocycles. The van der Waals surface area contributed by atoms with E-state index < -0.39 is 11.5 Å². The van der Waals surface area contributed by atoms with E-state index in [0.29, 0.717) is 23.4 Å². The van der Waals surface area contributed by atoms with Crippen LogP contribution in [0.15, 0.2) is 12.1 Å². The Hall–Kier alpha value is -2.08. The van der Waals surface area contributed by atoms with Gasteiger partial charge in [0, 0.05) is 30.7 Å². The Labute approximate surface area is 171 Å². The van der Waals surface area contributed by atoms with Gasteiger partial charge in [-0.15, -0.1) is 0 Å². The SMILES string of the molecule is CC(C)(C)C(=O)OC[N+]1(C)CC[C@]23c4c5ccc(O)c4O[C@H]2C(=O)CC[C@H]3C1C5. The van der Waals surface area contributed by atoms with Crippen LogP contribution in [-0.2, 0) is 26.2 Å². The molecule has 6 heteroatoms. The molecule has 29 heavy (non-hydrogen) atoms. The minimum atomic E-state index is -0.524. The number of phenols is 1. The number of hydrogen-bond acceptors (Lipinski definition) is 5. The maximum absolute atomic E-state index is 12.8. The molecule has 4 aliphatic rings. The van der Waals surface area contributed by atoms with Gasteiger partial charge >= 0.3 is 5.97 Å². The number of likely N-dealkylation sites (tertiary alicyclic amines) is 1. The normalized spacial score (nSPS) is 37.0. The van der Waals surface area contributed by atoms with E-state index in [2.05, 4.69) is 7.05 Å². The molecule has 2 fully saturated rings. The zero-order valence-corrected chi connectivity index (χ0v) is 17.7. The first-order valence-corrected chi connectivity index (χ1v) is 10.6. The quantitative estimate of drug-likeness (QED) is 0.610. The van der Waals surface area contributed by atoms with E-state index in [1.54, 1.807) is 6.07 Å². The van der Waals surface area contributed by atoms with E-state index in [1.807, 2.05) is 26.8 Å². The van der Waals surface area contributed by atoms with E-state index in [4.69, 9.17) is 9.47 Å². The summed E-state index contributed by atoms with van der Waals surface area (Å²) >= 11 is 0. The number of nitrogens with zero attached hydrogens (tertiary/aromatic N) is 1. The molecule has 156 valence electrons. The summed E-state index contributed by atoms with van der Waals surface area (Å²) in [6, 6.07) is 3.94. The molecule has 0 amide bonds. The third-order valence-corrected chi connectivity index (χ3v) is 7.88. The highest BCUT2D eigenvalue weighted by molar-refractivity contribution is 5.89. The molecule has 2 unspecified atom stereocenters. The summed E-state index contributed by atoms with van der Waals surface area (Å²) in [6.07, 6.45) is 2.51. The van der Waals surface area contributed by atoms with Crippen molar-refractivity contribution in [3.05, 3.63) is 23.3 Å². The summed E-state index contributed by atoms with van der Waals surface area (Å²) in [5.74, 6) is 0.925. The Bertz CT molecular complexity index is 919. The van der Waals surface area contributed by atoms with Gasteiger partial charge in [-0.2, -0.15) is 0 Å². The first kappa shape index (κ1) is 18.9. The number of quaternary nitrogens is 1. The predicted molar refractivity (Wildman–Crippen MR) is 106 cm³/mol. The average Bonchev–Trinajstić information content (AvgIpc) is 3.02. The standard InChI is InChI=1S/C23H29NO5/c1-22(2,3)21(27)28-12-24(4)10-9-23-14-6-8-17(26)20(23)29-19-16(25)7-5-13(18(19)23)11-15(14)24/h5,7,14-15,20H,6,8-12H2,1-4H3/p+1/t14-,15?,20-,23-,24?/m0/s1. The Balaban J connectivity index is 1.56. The number of aromatic hydroxyl groups is 1. The van der Waals surface area contributed by atoms with Gasteiger partial charge in [-0.05, 0) is 38.8 Å². The van der Waals surface area contributed by atoms with Gasteiger partial charge in [-0.25, -0.2) is 0 Å². The topological polar surface area (TPSA) is 72.8 Å². The molecule has 1 aromatic carbocycles.